The molecule has 0 N–H and O–H groups in total. The Morgan fingerprint density at radius 2 is 2.07 bits per heavy atom. The average molecular weight is 609 g/mol. The summed E-state index contributed by atoms with van der Waals surface area (Å²) in [7, 11) is 0. The van der Waals surface area contributed by atoms with Crippen molar-refractivity contribution in [1.29, 1.82) is 5.26 Å². The van der Waals surface area contributed by atoms with Gasteiger partial charge in [-0.1, -0.05) is 36.4 Å². The number of amides is 1. The van der Waals surface area contributed by atoms with Crippen molar-refractivity contribution in [2.24, 2.45) is 0 Å². The van der Waals surface area contributed by atoms with Crippen LogP contribution in [0.15, 0.2) is 42.7 Å². The van der Waals surface area contributed by atoms with Crippen molar-refractivity contribution < 1.29 is 23.0 Å². The molecule has 2 fully saturated rings. The van der Waals surface area contributed by atoms with Crippen LogP contribution in [-0.2, 0) is 22.5 Å². The van der Waals surface area contributed by atoms with Crippen LogP contribution in [0.3, 0.4) is 0 Å². The largest absolute Gasteiger partial charge is 0.461 e. The van der Waals surface area contributed by atoms with Crippen LogP contribution in [0.2, 0.25) is 5.02 Å². The highest BCUT2D eigenvalue weighted by molar-refractivity contribution is 6.36. The minimum absolute atomic E-state index is 0.0318. The first-order valence-electron chi connectivity index (χ1n) is 14.4. The van der Waals surface area contributed by atoms with Crippen molar-refractivity contribution in [3.63, 3.8) is 0 Å². The summed E-state index contributed by atoms with van der Waals surface area (Å²) in [5.74, 6) is -1.65. The van der Waals surface area contributed by atoms with Gasteiger partial charge < -0.3 is 24.2 Å². The number of ether oxygens (including phenoxy) is 2. The zero-order valence-electron chi connectivity index (χ0n) is 23.6. The second-order valence-electron chi connectivity index (χ2n) is 11.0. The second-order valence-corrected chi connectivity index (χ2v) is 11.4. The monoisotopic (exact) mass is 608 g/mol. The number of hydrogen-bond acceptors (Lipinski definition) is 8. The topological polar surface area (TPSA) is 94.8 Å². The fraction of sp³-hybridized carbons (Fsp3) is 0.419. The lowest BCUT2D eigenvalue weighted by Crippen LogP contribution is -2.55. The number of halogens is 3. The van der Waals surface area contributed by atoms with Crippen LogP contribution in [0.25, 0.3) is 10.8 Å². The Bertz CT molecular complexity index is 1610. The van der Waals surface area contributed by atoms with E-state index in [-0.39, 0.29) is 30.1 Å². The maximum absolute atomic E-state index is 14.5. The van der Waals surface area contributed by atoms with Gasteiger partial charge in [0.1, 0.15) is 18.2 Å². The van der Waals surface area contributed by atoms with Gasteiger partial charge in [0.05, 0.1) is 41.9 Å². The van der Waals surface area contributed by atoms with Crippen molar-refractivity contribution in [3.05, 3.63) is 64.8 Å². The van der Waals surface area contributed by atoms with Gasteiger partial charge in [0, 0.05) is 49.4 Å². The number of hydrogen-bond donors (Lipinski definition) is 0. The number of nitrogens with zero attached hydrogens (tertiary/aromatic N) is 6. The smallest absolute Gasteiger partial charge is 0.318 e. The van der Waals surface area contributed by atoms with Crippen LogP contribution in [0.5, 0.6) is 6.01 Å². The summed E-state index contributed by atoms with van der Waals surface area (Å²) in [5.41, 5.74) is 2.50. The van der Waals surface area contributed by atoms with E-state index in [9.17, 15) is 18.8 Å². The summed E-state index contributed by atoms with van der Waals surface area (Å²) < 4.78 is 40.0. The van der Waals surface area contributed by atoms with Crippen molar-refractivity contribution >= 4 is 39.8 Å². The van der Waals surface area contributed by atoms with Crippen LogP contribution < -0.4 is 14.5 Å². The molecule has 0 bridgehead atoms. The van der Waals surface area contributed by atoms with Gasteiger partial charge in [-0.05, 0) is 36.8 Å². The molecule has 1 amide bonds. The zero-order chi connectivity index (χ0) is 30.1. The molecule has 2 aromatic carbocycles. The molecule has 224 valence electrons. The quantitative estimate of drug-likeness (QED) is 0.348. The van der Waals surface area contributed by atoms with E-state index >= 15 is 0 Å². The Labute approximate surface area is 253 Å². The standard InChI is InChI=1S/C31H31ClF2N6O3/c1-19(33)30(41)40-14-13-39(16-21(40)9-11-35)29-23-10-12-38(26-6-2-4-20-7-8-24(34)28(32)27(20)26)17-25(23)36-31(37-29)43-18-22-5-3-15-42-22/h2,4,6-8,21-22H,1,3,5,9-10,12-18H2/t21-,22?/m0/s1. The SMILES string of the molecule is C=C(F)C(=O)N1CCN(c2nc(OCC3CCCO3)nc3c2CCN(c2cccc4ccc(F)c(Cl)c24)C3)C[C@@H]1CC#N. The molecule has 12 heteroatoms. The van der Waals surface area contributed by atoms with Crippen LogP contribution in [0.4, 0.5) is 20.3 Å². The molecule has 3 aliphatic rings. The zero-order valence-corrected chi connectivity index (χ0v) is 24.3. The molecule has 4 heterocycles. The lowest BCUT2D eigenvalue weighted by atomic mass is 10.0. The molecule has 3 aromatic rings. The normalized spacial score (nSPS) is 20.2. The minimum Gasteiger partial charge on any atom is -0.461 e. The van der Waals surface area contributed by atoms with Crippen LogP contribution in [0, 0.1) is 17.1 Å². The van der Waals surface area contributed by atoms with Crippen molar-refractivity contribution in [3.8, 4) is 12.1 Å². The van der Waals surface area contributed by atoms with Gasteiger partial charge >= 0.3 is 6.01 Å². The third-order valence-corrected chi connectivity index (χ3v) is 8.67. The Kier molecular flexibility index (Phi) is 8.32. The first-order valence-corrected chi connectivity index (χ1v) is 14.7. The number of piperazine rings is 1. The Hall–Kier alpha value is -4.01. The van der Waals surface area contributed by atoms with E-state index in [1.807, 2.05) is 23.1 Å². The lowest BCUT2D eigenvalue weighted by Gasteiger charge is -2.42. The van der Waals surface area contributed by atoms with Gasteiger partial charge in [-0.2, -0.15) is 15.2 Å². The van der Waals surface area contributed by atoms with Gasteiger partial charge in [-0.25, -0.2) is 8.78 Å². The Morgan fingerprint density at radius 1 is 1.21 bits per heavy atom. The predicted octanol–water partition coefficient (Wildman–Crippen LogP) is 4.96. The molecular weight excluding hydrogens is 578 g/mol. The summed E-state index contributed by atoms with van der Waals surface area (Å²) in [6.45, 7) is 6.07. The maximum atomic E-state index is 14.5. The molecule has 0 aliphatic carbocycles. The molecule has 1 unspecified atom stereocenters. The fourth-order valence-electron chi connectivity index (χ4n) is 6.17. The number of anilines is 2. The molecule has 0 spiro atoms. The van der Waals surface area contributed by atoms with E-state index < -0.39 is 23.6 Å². The fourth-order valence-corrected chi connectivity index (χ4v) is 6.44. The number of rotatable bonds is 7. The van der Waals surface area contributed by atoms with Crippen LogP contribution >= 0.6 is 11.6 Å². The van der Waals surface area contributed by atoms with E-state index in [1.54, 1.807) is 6.07 Å². The van der Waals surface area contributed by atoms with Crippen molar-refractivity contribution in [2.75, 3.05) is 49.2 Å². The molecule has 0 radical (unpaired) electrons. The Morgan fingerprint density at radius 3 is 2.84 bits per heavy atom. The molecule has 6 rings (SSSR count). The number of benzene rings is 2. The second kappa shape index (κ2) is 12.3. The summed E-state index contributed by atoms with van der Waals surface area (Å²) in [6.07, 6.45) is 2.47. The summed E-state index contributed by atoms with van der Waals surface area (Å²) in [5, 5.41) is 11.0. The molecule has 1 aromatic heterocycles. The van der Waals surface area contributed by atoms with Crippen LogP contribution in [-0.4, -0.2) is 72.3 Å². The lowest BCUT2D eigenvalue weighted by molar-refractivity contribution is -0.131. The minimum atomic E-state index is -1.05. The van der Waals surface area contributed by atoms with Gasteiger partial charge in [-0.3, -0.25) is 4.79 Å². The first-order chi connectivity index (χ1) is 20.8. The van der Waals surface area contributed by atoms with Crippen molar-refractivity contribution in [1.82, 2.24) is 14.9 Å². The molecule has 9 nitrogen and oxygen atoms in total. The number of carbonyl (C=O) groups excluding carboxylic acids is 1. The third kappa shape index (κ3) is 5.82. The molecule has 0 saturated carbocycles. The predicted molar refractivity (Wildman–Crippen MR) is 158 cm³/mol. The first kappa shape index (κ1) is 29.1. The highest BCUT2D eigenvalue weighted by atomic mass is 35.5. The average Bonchev–Trinajstić information content (AvgIpc) is 3.54. The summed E-state index contributed by atoms with van der Waals surface area (Å²) in [4.78, 5) is 27.6. The number of carbonyl (C=O) groups is 1. The number of fused-ring (bicyclic) bond motifs is 2. The van der Waals surface area contributed by atoms with Gasteiger partial charge in [-0.15, -0.1) is 0 Å². The number of nitriles is 1. The molecular formula is C31H31ClF2N6O3. The van der Waals surface area contributed by atoms with E-state index in [2.05, 4.69) is 17.5 Å². The van der Waals surface area contributed by atoms with Gasteiger partial charge in [0.25, 0.3) is 5.91 Å². The van der Waals surface area contributed by atoms with Gasteiger partial charge in [0.2, 0.25) is 0 Å². The summed E-state index contributed by atoms with van der Waals surface area (Å²) >= 11 is 6.45. The van der Waals surface area contributed by atoms with E-state index in [1.165, 1.54) is 11.0 Å². The Balaban J connectivity index is 1.34. The third-order valence-electron chi connectivity index (χ3n) is 8.30. The molecule has 43 heavy (non-hydrogen) atoms. The highest BCUT2D eigenvalue weighted by Crippen LogP contribution is 2.38. The van der Waals surface area contributed by atoms with E-state index in [0.717, 1.165) is 35.2 Å². The summed E-state index contributed by atoms with van der Waals surface area (Å²) in [6, 6.07) is 10.6. The highest BCUT2D eigenvalue weighted by Gasteiger charge is 2.35. The van der Waals surface area contributed by atoms with Crippen molar-refractivity contribution in [2.45, 2.75) is 44.4 Å². The van der Waals surface area contributed by atoms with E-state index in [0.29, 0.717) is 57.0 Å². The van der Waals surface area contributed by atoms with E-state index in [4.69, 9.17) is 31.0 Å². The number of aromatic nitrogens is 2. The van der Waals surface area contributed by atoms with Gasteiger partial charge in [0.15, 0.2) is 5.83 Å². The molecule has 2 saturated heterocycles. The molecule has 3 aliphatic heterocycles. The molecule has 2 atom stereocenters. The van der Waals surface area contributed by atoms with Crippen LogP contribution in [0.1, 0.15) is 30.5 Å². The maximum Gasteiger partial charge on any atom is 0.318 e.